The van der Waals surface area contributed by atoms with E-state index in [2.05, 4.69) is 21.2 Å². The molecule has 1 amide bonds. The first-order valence-corrected chi connectivity index (χ1v) is 7.28. The maximum atomic E-state index is 12.1. The number of halogens is 1. The van der Waals surface area contributed by atoms with Crippen molar-refractivity contribution in [2.45, 2.75) is 24.6 Å². The molecule has 1 aliphatic carbocycles. The Hall–Kier alpha value is -1.03. The minimum atomic E-state index is -0.0656. The van der Waals surface area contributed by atoms with Gasteiger partial charge in [-0.25, -0.2) is 0 Å². The Bertz CT molecular complexity index is 418. The molecule has 3 nitrogen and oxygen atoms in total. The van der Waals surface area contributed by atoms with Gasteiger partial charge in [-0.05, 0) is 37.8 Å². The smallest absolute Gasteiger partial charge is 0.255 e. The van der Waals surface area contributed by atoms with E-state index < -0.39 is 0 Å². The van der Waals surface area contributed by atoms with Crippen LogP contribution in [0.15, 0.2) is 24.3 Å². The number of alkyl halides is 1. The van der Waals surface area contributed by atoms with E-state index in [-0.39, 0.29) is 5.91 Å². The fraction of sp³-hybridized carbons (Fsp3) is 0.500. The maximum Gasteiger partial charge on any atom is 0.255 e. The molecule has 1 saturated carbocycles. The SMILES string of the molecule is CCOc1ccccc1C(=O)NCC(Br)C1CC1. The summed E-state index contributed by atoms with van der Waals surface area (Å²) in [6, 6.07) is 7.34. The van der Waals surface area contributed by atoms with Gasteiger partial charge in [-0.1, -0.05) is 28.1 Å². The Morgan fingerprint density at radius 2 is 2.22 bits per heavy atom. The third kappa shape index (κ3) is 3.48. The van der Waals surface area contributed by atoms with E-state index in [0.29, 0.717) is 29.3 Å². The van der Waals surface area contributed by atoms with E-state index in [1.54, 1.807) is 6.07 Å². The van der Waals surface area contributed by atoms with Crippen LogP contribution in [-0.4, -0.2) is 23.9 Å². The lowest BCUT2D eigenvalue weighted by Crippen LogP contribution is -2.30. The van der Waals surface area contributed by atoms with Crippen molar-refractivity contribution in [2.24, 2.45) is 5.92 Å². The van der Waals surface area contributed by atoms with Gasteiger partial charge in [0.2, 0.25) is 0 Å². The lowest BCUT2D eigenvalue weighted by Gasteiger charge is -2.12. The summed E-state index contributed by atoms with van der Waals surface area (Å²) in [5.74, 6) is 1.31. The zero-order valence-corrected chi connectivity index (χ0v) is 12.1. The molecule has 0 saturated heterocycles. The molecular formula is C14H18BrNO2. The summed E-state index contributed by atoms with van der Waals surface area (Å²) in [6.45, 7) is 3.15. The molecule has 1 aromatic rings. The largest absolute Gasteiger partial charge is 0.493 e. The first-order valence-electron chi connectivity index (χ1n) is 6.36. The van der Waals surface area contributed by atoms with Crippen LogP contribution >= 0.6 is 15.9 Å². The van der Waals surface area contributed by atoms with Gasteiger partial charge in [-0.2, -0.15) is 0 Å². The third-order valence-electron chi connectivity index (χ3n) is 3.02. The molecule has 98 valence electrons. The highest BCUT2D eigenvalue weighted by Gasteiger charge is 2.29. The number of hydrogen-bond donors (Lipinski definition) is 1. The molecule has 1 unspecified atom stereocenters. The molecule has 0 aromatic heterocycles. The molecular weight excluding hydrogens is 294 g/mol. The van der Waals surface area contributed by atoms with Crippen molar-refractivity contribution in [1.82, 2.24) is 5.32 Å². The molecule has 1 fully saturated rings. The van der Waals surface area contributed by atoms with E-state index in [9.17, 15) is 4.79 Å². The third-order valence-corrected chi connectivity index (χ3v) is 4.09. The highest BCUT2D eigenvalue weighted by atomic mass is 79.9. The van der Waals surface area contributed by atoms with E-state index in [4.69, 9.17) is 4.74 Å². The fourth-order valence-electron chi connectivity index (χ4n) is 1.85. The summed E-state index contributed by atoms with van der Waals surface area (Å²) in [6.07, 6.45) is 2.53. The highest BCUT2D eigenvalue weighted by molar-refractivity contribution is 9.09. The van der Waals surface area contributed by atoms with Crippen LogP contribution in [0, 0.1) is 5.92 Å². The predicted molar refractivity (Wildman–Crippen MR) is 75.4 cm³/mol. The van der Waals surface area contributed by atoms with Crippen molar-refractivity contribution in [2.75, 3.05) is 13.2 Å². The topological polar surface area (TPSA) is 38.3 Å². The molecule has 0 aliphatic heterocycles. The molecule has 1 atom stereocenters. The van der Waals surface area contributed by atoms with Crippen LogP contribution < -0.4 is 10.1 Å². The molecule has 0 bridgehead atoms. The lowest BCUT2D eigenvalue weighted by atomic mass is 10.2. The zero-order chi connectivity index (χ0) is 13.0. The van der Waals surface area contributed by atoms with Gasteiger partial charge >= 0.3 is 0 Å². The van der Waals surface area contributed by atoms with Crippen LogP contribution in [-0.2, 0) is 0 Å². The molecule has 1 N–H and O–H groups in total. The second-order valence-corrected chi connectivity index (χ2v) is 5.67. The van der Waals surface area contributed by atoms with Crippen LogP contribution in [0.25, 0.3) is 0 Å². The van der Waals surface area contributed by atoms with Gasteiger partial charge < -0.3 is 10.1 Å². The molecule has 0 heterocycles. The number of hydrogen-bond acceptors (Lipinski definition) is 2. The summed E-state index contributed by atoms with van der Waals surface area (Å²) >= 11 is 3.61. The molecule has 1 aromatic carbocycles. The molecule has 4 heteroatoms. The Labute approximate surface area is 116 Å². The van der Waals surface area contributed by atoms with E-state index >= 15 is 0 Å². The molecule has 18 heavy (non-hydrogen) atoms. The van der Waals surface area contributed by atoms with Gasteiger partial charge in [0.25, 0.3) is 5.91 Å². The first kappa shape index (κ1) is 13.4. The van der Waals surface area contributed by atoms with Gasteiger partial charge in [0.15, 0.2) is 0 Å². The normalized spacial score (nSPS) is 16.1. The molecule has 1 aliphatic rings. The van der Waals surface area contributed by atoms with Crippen LogP contribution in [0.4, 0.5) is 0 Å². The van der Waals surface area contributed by atoms with Crippen LogP contribution in [0.3, 0.4) is 0 Å². The Balaban J connectivity index is 1.94. The minimum Gasteiger partial charge on any atom is -0.493 e. The Kier molecular flexibility index (Phi) is 4.64. The fourth-order valence-corrected chi connectivity index (χ4v) is 2.54. The Morgan fingerprint density at radius 3 is 2.89 bits per heavy atom. The predicted octanol–water partition coefficient (Wildman–Crippen LogP) is 2.99. The van der Waals surface area contributed by atoms with Crippen LogP contribution in [0.2, 0.25) is 0 Å². The number of benzene rings is 1. The number of carbonyl (C=O) groups is 1. The van der Waals surface area contributed by atoms with E-state index in [1.165, 1.54) is 12.8 Å². The number of carbonyl (C=O) groups excluding carboxylic acids is 1. The van der Waals surface area contributed by atoms with Gasteiger partial charge in [-0.3, -0.25) is 4.79 Å². The van der Waals surface area contributed by atoms with Crippen LogP contribution in [0.1, 0.15) is 30.1 Å². The molecule has 0 spiro atoms. The minimum absolute atomic E-state index is 0.0656. The second kappa shape index (κ2) is 6.23. The van der Waals surface area contributed by atoms with Crippen molar-refractivity contribution in [1.29, 1.82) is 0 Å². The molecule has 0 radical (unpaired) electrons. The van der Waals surface area contributed by atoms with Crippen molar-refractivity contribution in [3.63, 3.8) is 0 Å². The second-order valence-electron chi connectivity index (χ2n) is 4.49. The average molecular weight is 312 g/mol. The van der Waals surface area contributed by atoms with Crippen molar-refractivity contribution in [3.8, 4) is 5.75 Å². The number of para-hydroxylation sites is 1. The number of amides is 1. The summed E-state index contributed by atoms with van der Waals surface area (Å²) in [7, 11) is 0. The van der Waals surface area contributed by atoms with Crippen molar-refractivity contribution in [3.05, 3.63) is 29.8 Å². The number of ether oxygens (including phenoxy) is 1. The van der Waals surface area contributed by atoms with Gasteiger partial charge in [0, 0.05) is 11.4 Å². The van der Waals surface area contributed by atoms with E-state index in [1.807, 2.05) is 25.1 Å². The van der Waals surface area contributed by atoms with Gasteiger partial charge in [-0.15, -0.1) is 0 Å². The van der Waals surface area contributed by atoms with E-state index in [0.717, 1.165) is 5.92 Å². The number of rotatable bonds is 6. The summed E-state index contributed by atoms with van der Waals surface area (Å²) < 4.78 is 5.45. The first-order chi connectivity index (χ1) is 8.72. The van der Waals surface area contributed by atoms with Gasteiger partial charge in [0.1, 0.15) is 5.75 Å². The summed E-state index contributed by atoms with van der Waals surface area (Å²) in [5.41, 5.74) is 0.606. The number of nitrogens with one attached hydrogen (secondary N) is 1. The van der Waals surface area contributed by atoms with Crippen molar-refractivity contribution >= 4 is 21.8 Å². The molecule has 2 rings (SSSR count). The summed E-state index contributed by atoms with van der Waals surface area (Å²) in [4.78, 5) is 12.5. The highest BCUT2D eigenvalue weighted by Crippen LogP contribution is 2.36. The quantitative estimate of drug-likeness (QED) is 0.820. The zero-order valence-electron chi connectivity index (χ0n) is 10.5. The Morgan fingerprint density at radius 1 is 1.50 bits per heavy atom. The monoisotopic (exact) mass is 311 g/mol. The van der Waals surface area contributed by atoms with Crippen LogP contribution in [0.5, 0.6) is 5.75 Å². The summed E-state index contributed by atoms with van der Waals surface area (Å²) in [5, 5.41) is 2.95. The van der Waals surface area contributed by atoms with Crippen molar-refractivity contribution < 1.29 is 9.53 Å². The van der Waals surface area contributed by atoms with Gasteiger partial charge in [0.05, 0.1) is 12.2 Å². The lowest BCUT2D eigenvalue weighted by molar-refractivity contribution is 0.0949. The standard InChI is InChI=1S/C14H18BrNO2/c1-2-18-13-6-4-3-5-11(13)14(17)16-9-12(15)10-7-8-10/h3-6,10,12H,2,7-9H2,1H3,(H,16,17). The maximum absolute atomic E-state index is 12.1. The average Bonchev–Trinajstić information content (AvgIpc) is 3.21.